The van der Waals surface area contributed by atoms with E-state index < -0.39 is 0 Å². The van der Waals surface area contributed by atoms with Gasteiger partial charge in [0.25, 0.3) is 0 Å². The number of nitrogens with one attached hydrogen (secondary N) is 2. The second-order valence-corrected chi connectivity index (χ2v) is 11.3. The number of hydrogen-bond donors (Lipinski definition) is 2. The van der Waals surface area contributed by atoms with Gasteiger partial charge in [0.1, 0.15) is 6.07 Å². The molecule has 1 unspecified atom stereocenters. The van der Waals surface area contributed by atoms with Crippen LogP contribution in [0, 0.1) is 29.6 Å². The van der Waals surface area contributed by atoms with Gasteiger partial charge in [0.2, 0.25) is 0 Å². The minimum Gasteiger partial charge on any atom is -0.366 e. The number of aromatic nitrogens is 2. The van der Waals surface area contributed by atoms with Gasteiger partial charge in [-0.05, 0) is 65.1 Å². The molecule has 7 rings (SSSR count). The zero-order valence-corrected chi connectivity index (χ0v) is 24.9. The Hall–Kier alpha value is -5.94. The van der Waals surface area contributed by atoms with E-state index in [1.54, 1.807) is 6.20 Å². The van der Waals surface area contributed by atoms with Crippen molar-refractivity contribution in [3.8, 4) is 29.5 Å². The molecule has 218 valence electrons. The second-order valence-electron chi connectivity index (χ2n) is 11.3. The molecule has 0 bridgehead atoms. The number of nitriles is 1. The standard InChI is InChI=1S/C39H32N6/c1-3-27-7-5-8-29-23-35-37(24-30(29)12-11-27)42-26-31(25-40)39(35)45-21-19-44(20-22-45)38(4-2)43-32-15-13-28(14-16-32)33-9-6-10-36-34(33)17-18-41-36/h1,5-6,8-18,23-24,26-27,41,43H,2,7,19-22H2. The summed E-state index contributed by atoms with van der Waals surface area (Å²) in [6.07, 6.45) is 18.6. The Morgan fingerprint density at radius 3 is 2.60 bits per heavy atom. The summed E-state index contributed by atoms with van der Waals surface area (Å²) in [6.45, 7) is 6.99. The summed E-state index contributed by atoms with van der Waals surface area (Å²) < 4.78 is 0. The summed E-state index contributed by atoms with van der Waals surface area (Å²) in [5, 5.41) is 15.8. The van der Waals surface area contributed by atoms with Crippen molar-refractivity contribution < 1.29 is 0 Å². The van der Waals surface area contributed by atoms with Gasteiger partial charge in [-0.2, -0.15) is 5.26 Å². The summed E-state index contributed by atoms with van der Waals surface area (Å²) in [5.74, 6) is 3.76. The Labute approximate surface area is 263 Å². The third kappa shape index (κ3) is 5.36. The van der Waals surface area contributed by atoms with E-state index >= 15 is 0 Å². The van der Waals surface area contributed by atoms with Crippen molar-refractivity contribution in [1.29, 1.82) is 5.26 Å². The van der Waals surface area contributed by atoms with Crippen LogP contribution in [-0.2, 0) is 0 Å². The molecule has 3 aromatic carbocycles. The molecule has 2 aromatic heterocycles. The third-order valence-corrected chi connectivity index (χ3v) is 8.71. The monoisotopic (exact) mass is 584 g/mol. The molecule has 1 atom stereocenters. The lowest BCUT2D eigenvalue weighted by Crippen LogP contribution is -2.47. The molecule has 0 saturated carbocycles. The zero-order valence-electron chi connectivity index (χ0n) is 24.9. The number of benzene rings is 3. The molecule has 1 fully saturated rings. The zero-order chi connectivity index (χ0) is 30.8. The minimum atomic E-state index is 0.0829. The van der Waals surface area contributed by atoms with Gasteiger partial charge in [0.05, 0.1) is 16.8 Å². The number of rotatable bonds is 5. The maximum atomic E-state index is 10.1. The molecule has 0 radical (unpaired) electrons. The molecule has 45 heavy (non-hydrogen) atoms. The number of aromatic amines is 1. The normalized spacial score (nSPS) is 15.9. The lowest BCUT2D eigenvalue weighted by molar-refractivity contribution is 0.325. The van der Waals surface area contributed by atoms with Crippen LogP contribution < -0.4 is 10.2 Å². The number of allylic oxidation sites excluding steroid dienone is 2. The first-order chi connectivity index (χ1) is 22.1. The van der Waals surface area contributed by atoms with Gasteiger partial charge in [-0.25, -0.2) is 0 Å². The summed E-state index contributed by atoms with van der Waals surface area (Å²) in [5.41, 5.74) is 12.2. The van der Waals surface area contributed by atoms with Gasteiger partial charge < -0.3 is 20.1 Å². The maximum absolute atomic E-state index is 10.1. The van der Waals surface area contributed by atoms with E-state index in [1.165, 1.54) is 10.9 Å². The van der Waals surface area contributed by atoms with E-state index in [0.29, 0.717) is 5.56 Å². The predicted molar refractivity (Wildman–Crippen MR) is 185 cm³/mol. The summed E-state index contributed by atoms with van der Waals surface area (Å²) in [7, 11) is 0. The Morgan fingerprint density at radius 2 is 1.82 bits per heavy atom. The van der Waals surface area contributed by atoms with Gasteiger partial charge in [0.15, 0.2) is 5.82 Å². The van der Waals surface area contributed by atoms with Crippen LogP contribution in [0.15, 0.2) is 103 Å². The van der Waals surface area contributed by atoms with Crippen LogP contribution in [0.25, 0.3) is 45.1 Å². The fraction of sp³-hybridized carbons (Fsp3) is 0.154. The number of piperazine rings is 1. The van der Waals surface area contributed by atoms with Gasteiger partial charge in [-0.3, -0.25) is 4.98 Å². The molecule has 6 heteroatoms. The Balaban J connectivity index is 1.09. The van der Waals surface area contributed by atoms with Crippen molar-refractivity contribution in [2.45, 2.75) is 6.42 Å². The van der Waals surface area contributed by atoms with Crippen LogP contribution in [0.5, 0.6) is 0 Å². The van der Waals surface area contributed by atoms with E-state index in [4.69, 9.17) is 6.42 Å². The van der Waals surface area contributed by atoms with E-state index in [9.17, 15) is 5.26 Å². The summed E-state index contributed by atoms with van der Waals surface area (Å²) in [4.78, 5) is 12.5. The lowest BCUT2D eigenvalue weighted by Gasteiger charge is -2.38. The molecule has 0 spiro atoms. The van der Waals surface area contributed by atoms with E-state index in [2.05, 4.69) is 134 Å². The average molecular weight is 585 g/mol. The van der Waals surface area contributed by atoms with Gasteiger partial charge in [-0.15, -0.1) is 6.42 Å². The smallest absolute Gasteiger partial charge is 0.150 e. The van der Waals surface area contributed by atoms with Crippen molar-refractivity contribution >= 4 is 45.3 Å². The third-order valence-electron chi connectivity index (χ3n) is 8.71. The number of terminal acetylenes is 1. The average Bonchev–Trinajstić information content (AvgIpc) is 3.57. The topological polar surface area (TPSA) is 71.0 Å². The quantitative estimate of drug-likeness (QED) is 0.163. The highest BCUT2D eigenvalue weighted by molar-refractivity contribution is 5.98. The molecule has 2 N–H and O–H groups in total. The van der Waals surface area contributed by atoms with E-state index in [1.807, 2.05) is 6.20 Å². The number of fused-ring (bicyclic) bond motifs is 3. The Kier molecular flexibility index (Phi) is 7.42. The Morgan fingerprint density at radius 1 is 1.00 bits per heavy atom. The van der Waals surface area contributed by atoms with Crippen LogP contribution in [-0.4, -0.2) is 41.0 Å². The summed E-state index contributed by atoms with van der Waals surface area (Å²) in [6, 6.07) is 23.5. The molecule has 6 nitrogen and oxygen atoms in total. The first kappa shape index (κ1) is 27.9. The van der Waals surface area contributed by atoms with Crippen LogP contribution in [0.4, 0.5) is 11.4 Å². The number of pyridine rings is 1. The molecule has 1 saturated heterocycles. The van der Waals surface area contributed by atoms with Gasteiger partial charge in [0, 0.05) is 66.5 Å². The molecule has 3 heterocycles. The van der Waals surface area contributed by atoms with Gasteiger partial charge in [-0.1, -0.05) is 66.8 Å². The molecular weight excluding hydrogens is 552 g/mol. The van der Waals surface area contributed by atoms with Crippen LogP contribution in [0.1, 0.15) is 23.1 Å². The molecule has 1 aliphatic carbocycles. The SMILES string of the molecule is C#CC1C=Cc2cc3ncc(C#N)c(N4CCN(C(=C=C)Nc5ccc(-c6cccc7[nH]ccc67)cc5)CC4)c3cc2C=CC1. The van der Waals surface area contributed by atoms with Crippen molar-refractivity contribution in [2.75, 3.05) is 36.4 Å². The van der Waals surface area contributed by atoms with Crippen molar-refractivity contribution in [3.63, 3.8) is 0 Å². The Bertz CT molecular complexity index is 2100. The van der Waals surface area contributed by atoms with Crippen molar-refractivity contribution in [1.82, 2.24) is 14.9 Å². The number of H-pyrrole nitrogens is 1. The molecule has 5 aromatic rings. The van der Waals surface area contributed by atoms with E-state index in [-0.39, 0.29) is 5.92 Å². The first-order valence-corrected chi connectivity index (χ1v) is 15.2. The summed E-state index contributed by atoms with van der Waals surface area (Å²) >= 11 is 0. The van der Waals surface area contributed by atoms with Gasteiger partial charge >= 0.3 is 0 Å². The highest BCUT2D eigenvalue weighted by Crippen LogP contribution is 2.34. The second kappa shape index (κ2) is 12.0. The minimum absolute atomic E-state index is 0.0829. The highest BCUT2D eigenvalue weighted by Gasteiger charge is 2.24. The van der Waals surface area contributed by atoms with Crippen LogP contribution in [0.3, 0.4) is 0 Å². The van der Waals surface area contributed by atoms with Crippen LogP contribution in [0.2, 0.25) is 0 Å². The molecule has 2 aliphatic rings. The molecular formula is C39H32N6. The number of nitrogens with zero attached hydrogens (tertiary/aromatic N) is 4. The fourth-order valence-corrected chi connectivity index (χ4v) is 6.33. The van der Waals surface area contributed by atoms with E-state index in [0.717, 1.165) is 82.9 Å². The number of hydrogen-bond acceptors (Lipinski definition) is 5. The maximum Gasteiger partial charge on any atom is 0.150 e. The fourth-order valence-electron chi connectivity index (χ4n) is 6.33. The van der Waals surface area contributed by atoms with Crippen molar-refractivity contribution in [3.05, 3.63) is 120 Å². The molecule has 1 aliphatic heterocycles. The highest BCUT2D eigenvalue weighted by atomic mass is 15.3. The van der Waals surface area contributed by atoms with Crippen LogP contribution >= 0.6 is 0 Å². The molecule has 0 amide bonds. The largest absolute Gasteiger partial charge is 0.366 e. The van der Waals surface area contributed by atoms with Crippen molar-refractivity contribution in [2.24, 2.45) is 5.92 Å². The first-order valence-electron chi connectivity index (χ1n) is 15.2. The lowest BCUT2D eigenvalue weighted by atomic mass is 9.95. The number of anilines is 2. The predicted octanol–water partition coefficient (Wildman–Crippen LogP) is 7.79.